The van der Waals surface area contributed by atoms with Crippen molar-refractivity contribution in [3.05, 3.63) is 35.5 Å². The lowest BCUT2D eigenvalue weighted by Crippen LogP contribution is -2.55. The van der Waals surface area contributed by atoms with E-state index >= 15 is 0 Å². The van der Waals surface area contributed by atoms with Crippen molar-refractivity contribution in [3.8, 4) is 0 Å². The normalized spacial score (nSPS) is 19.0. The molecule has 25 heavy (non-hydrogen) atoms. The van der Waals surface area contributed by atoms with Gasteiger partial charge in [0.1, 0.15) is 0 Å². The summed E-state index contributed by atoms with van der Waals surface area (Å²) in [5.41, 5.74) is 1.49. The van der Waals surface area contributed by atoms with Crippen molar-refractivity contribution in [1.82, 2.24) is 10.3 Å². The van der Waals surface area contributed by atoms with E-state index in [-0.39, 0.29) is 32.0 Å². The molecule has 1 aromatic carbocycles. The van der Waals surface area contributed by atoms with Gasteiger partial charge < -0.3 is 14.5 Å². The summed E-state index contributed by atoms with van der Waals surface area (Å²) in [4.78, 5) is 28.3. The minimum absolute atomic E-state index is 0. The van der Waals surface area contributed by atoms with E-state index in [1.807, 2.05) is 24.3 Å². The Bertz CT molecular complexity index is 774. The van der Waals surface area contributed by atoms with Crippen LogP contribution in [-0.2, 0) is 31.0 Å². The first-order valence-electron chi connectivity index (χ1n) is 8.30. The van der Waals surface area contributed by atoms with Crippen molar-refractivity contribution >= 4 is 35.2 Å². The first-order valence-corrected chi connectivity index (χ1v) is 8.30. The Labute approximate surface area is 152 Å². The van der Waals surface area contributed by atoms with E-state index in [0.29, 0.717) is 12.2 Å². The van der Waals surface area contributed by atoms with Crippen LogP contribution in [0.2, 0.25) is 0 Å². The molecule has 0 saturated heterocycles. The van der Waals surface area contributed by atoms with Gasteiger partial charge in [-0.1, -0.05) is 18.2 Å². The second-order valence-electron chi connectivity index (χ2n) is 5.81. The standard InChI is InChI=1S/C18H22N2O4.ClH/c1-3-23-15(21)11-18(17(22)24-4-2)16-13(9-10-19-18)12-7-5-6-8-14(12)20-16;/h5-8,19-20H,3-4,9-11H2,1-2H3;1H. The number of nitrogens with one attached hydrogen (secondary N) is 2. The number of carbonyl (C=O) groups excluding carboxylic acids is 2. The van der Waals surface area contributed by atoms with Gasteiger partial charge >= 0.3 is 11.9 Å². The summed E-state index contributed by atoms with van der Waals surface area (Å²) >= 11 is 0. The maximum atomic E-state index is 12.8. The molecule has 0 amide bonds. The number of esters is 2. The molecule has 3 rings (SSSR count). The van der Waals surface area contributed by atoms with Gasteiger partial charge in [0.2, 0.25) is 0 Å². The fourth-order valence-electron chi connectivity index (χ4n) is 3.39. The summed E-state index contributed by atoms with van der Waals surface area (Å²) in [7, 11) is 0. The third-order valence-electron chi connectivity index (χ3n) is 4.38. The number of H-pyrrole nitrogens is 1. The average molecular weight is 367 g/mol. The Morgan fingerprint density at radius 2 is 1.88 bits per heavy atom. The van der Waals surface area contributed by atoms with Crippen molar-refractivity contribution in [2.45, 2.75) is 32.2 Å². The fourth-order valence-corrected chi connectivity index (χ4v) is 3.39. The number of aromatic nitrogens is 1. The maximum absolute atomic E-state index is 12.8. The van der Waals surface area contributed by atoms with Crippen LogP contribution >= 0.6 is 12.4 Å². The van der Waals surface area contributed by atoms with E-state index in [0.717, 1.165) is 22.9 Å². The maximum Gasteiger partial charge on any atom is 0.333 e. The summed E-state index contributed by atoms with van der Waals surface area (Å²) in [5.74, 6) is -0.880. The highest BCUT2D eigenvalue weighted by atomic mass is 35.5. The van der Waals surface area contributed by atoms with Crippen LogP contribution in [0.5, 0.6) is 0 Å². The zero-order valence-corrected chi connectivity index (χ0v) is 15.2. The highest BCUT2D eigenvalue weighted by Crippen LogP contribution is 2.37. The third kappa shape index (κ3) is 3.37. The van der Waals surface area contributed by atoms with Gasteiger partial charge in [-0.25, -0.2) is 4.79 Å². The number of benzene rings is 1. The molecule has 0 fully saturated rings. The molecule has 2 aromatic rings. The van der Waals surface area contributed by atoms with Crippen molar-refractivity contribution in [2.75, 3.05) is 19.8 Å². The molecule has 6 nitrogen and oxygen atoms in total. The number of aromatic amines is 1. The summed E-state index contributed by atoms with van der Waals surface area (Å²) in [6.07, 6.45) is 0.683. The number of hydrogen-bond donors (Lipinski definition) is 2. The van der Waals surface area contributed by atoms with Gasteiger partial charge in [-0.3, -0.25) is 10.1 Å². The van der Waals surface area contributed by atoms with Gasteiger partial charge in [0.25, 0.3) is 0 Å². The van der Waals surface area contributed by atoms with Crippen LogP contribution in [0.1, 0.15) is 31.5 Å². The summed E-state index contributed by atoms with van der Waals surface area (Å²) < 4.78 is 10.4. The molecule has 0 radical (unpaired) electrons. The predicted octanol–water partition coefficient (Wildman–Crippen LogP) is 2.45. The fraction of sp³-hybridized carbons (Fsp3) is 0.444. The Morgan fingerprint density at radius 1 is 1.16 bits per heavy atom. The van der Waals surface area contributed by atoms with Gasteiger partial charge in [0.05, 0.1) is 25.3 Å². The molecule has 1 aliphatic rings. The number of carbonyl (C=O) groups is 2. The third-order valence-corrected chi connectivity index (χ3v) is 4.38. The number of fused-ring (bicyclic) bond motifs is 3. The molecule has 1 atom stereocenters. The monoisotopic (exact) mass is 366 g/mol. The molecule has 1 aliphatic heterocycles. The molecule has 2 N–H and O–H groups in total. The first kappa shape index (κ1) is 19.3. The lowest BCUT2D eigenvalue weighted by molar-refractivity contribution is -0.159. The van der Waals surface area contributed by atoms with Crippen LogP contribution in [0.4, 0.5) is 0 Å². The van der Waals surface area contributed by atoms with Crippen molar-refractivity contribution in [2.24, 2.45) is 0 Å². The molecule has 2 heterocycles. The summed E-state index contributed by atoms with van der Waals surface area (Å²) in [6.45, 7) is 4.62. The zero-order valence-electron chi connectivity index (χ0n) is 14.4. The molecule has 0 aliphatic carbocycles. The number of ether oxygens (including phenoxy) is 2. The minimum Gasteiger partial charge on any atom is -0.466 e. The first-order chi connectivity index (χ1) is 11.6. The quantitative estimate of drug-likeness (QED) is 0.794. The van der Waals surface area contributed by atoms with Crippen LogP contribution in [0, 0.1) is 0 Å². The van der Waals surface area contributed by atoms with Gasteiger partial charge in [0.15, 0.2) is 5.54 Å². The zero-order chi connectivity index (χ0) is 17.2. The van der Waals surface area contributed by atoms with Crippen molar-refractivity contribution in [3.63, 3.8) is 0 Å². The largest absolute Gasteiger partial charge is 0.466 e. The minimum atomic E-state index is -1.23. The highest BCUT2D eigenvalue weighted by molar-refractivity contribution is 5.93. The van der Waals surface area contributed by atoms with E-state index in [1.54, 1.807) is 13.8 Å². The Kier molecular flexibility index (Phi) is 6.08. The van der Waals surface area contributed by atoms with Crippen LogP contribution in [0.15, 0.2) is 24.3 Å². The average Bonchev–Trinajstić information content (AvgIpc) is 2.95. The van der Waals surface area contributed by atoms with E-state index in [2.05, 4.69) is 10.3 Å². The molecule has 0 bridgehead atoms. The van der Waals surface area contributed by atoms with E-state index in [9.17, 15) is 9.59 Å². The Morgan fingerprint density at radius 3 is 2.60 bits per heavy atom. The summed E-state index contributed by atoms with van der Waals surface area (Å²) in [5, 5.41) is 4.29. The molecular weight excluding hydrogens is 344 g/mol. The molecular formula is C18H23ClN2O4. The van der Waals surface area contributed by atoms with Crippen LogP contribution in [0.3, 0.4) is 0 Å². The Balaban J connectivity index is 0.00000225. The second kappa shape index (κ2) is 7.89. The van der Waals surface area contributed by atoms with E-state index in [4.69, 9.17) is 9.47 Å². The molecule has 1 aromatic heterocycles. The van der Waals surface area contributed by atoms with Gasteiger partial charge in [-0.2, -0.15) is 0 Å². The lowest BCUT2D eigenvalue weighted by Gasteiger charge is -2.35. The van der Waals surface area contributed by atoms with Crippen LogP contribution in [-0.4, -0.2) is 36.7 Å². The van der Waals surface area contributed by atoms with E-state index < -0.39 is 17.5 Å². The smallest absolute Gasteiger partial charge is 0.333 e. The van der Waals surface area contributed by atoms with Crippen LogP contribution < -0.4 is 5.32 Å². The van der Waals surface area contributed by atoms with Gasteiger partial charge in [-0.15, -0.1) is 12.4 Å². The molecule has 0 saturated carbocycles. The molecule has 136 valence electrons. The number of para-hydroxylation sites is 1. The summed E-state index contributed by atoms with van der Waals surface area (Å²) in [6, 6.07) is 7.90. The second-order valence-corrected chi connectivity index (χ2v) is 5.81. The Hall–Kier alpha value is -2.05. The SMILES string of the molecule is CCOC(=O)CC1(C(=O)OCC)NCCc2c1[nH]c1ccccc21.Cl. The van der Waals surface area contributed by atoms with E-state index in [1.165, 1.54) is 0 Å². The van der Waals surface area contributed by atoms with Crippen molar-refractivity contribution in [1.29, 1.82) is 0 Å². The molecule has 0 spiro atoms. The van der Waals surface area contributed by atoms with Crippen LogP contribution in [0.25, 0.3) is 10.9 Å². The highest BCUT2D eigenvalue weighted by Gasteiger charge is 2.48. The number of hydrogen-bond acceptors (Lipinski definition) is 5. The van der Waals surface area contributed by atoms with Crippen molar-refractivity contribution < 1.29 is 19.1 Å². The predicted molar refractivity (Wildman–Crippen MR) is 96.8 cm³/mol. The number of rotatable bonds is 5. The van der Waals surface area contributed by atoms with Gasteiger partial charge in [-0.05, 0) is 31.9 Å². The number of halogens is 1. The molecule has 1 unspecified atom stereocenters. The van der Waals surface area contributed by atoms with Gasteiger partial charge in [0, 0.05) is 17.4 Å². The lowest BCUT2D eigenvalue weighted by atomic mass is 9.84. The molecule has 7 heteroatoms. The topological polar surface area (TPSA) is 80.4 Å².